The first kappa shape index (κ1) is 20.1. The van der Waals surface area contributed by atoms with Crippen molar-refractivity contribution in [1.29, 1.82) is 0 Å². The van der Waals surface area contributed by atoms with Crippen LogP contribution in [0.3, 0.4) is 0 Å². The Bertz CT molecular complexity index is 373. The Kier molecular flexibility index (Phi) is 10.9. The summed E-state index contributed by atoms with van der Waals surface area (Å²) in [6, 6.07) is 4.76. The third kappa shape index (κ3) is 5.49. The first-order valence-electron chi connectivity index (χ1n) is 6.88. The van der Waals surface area contributed by atoms with Gasteiger partial charge in [0.15, 0.2) is 0 Å². The van der Waals surface area contributed by atoms with Gasteiger partial charge in [-0.2, -0.15) is 0 Å². The van der Waals surface area contributed by atoms with Gasteiger partial charge in [-0.3, -0.25) is 4.90 Å². The zero-order chi connectivity index (χ0) is 12.8. The van der Waals surface area contributed by atoms with E-state index in [1.807, 2.05) is 12.3 Å². The van der Waals surface area contributed by atoms with Gasteiger partial charge in [-0.25, -0.2) is 4.98 Å². The fourth-order valence-corrected chi connectivity index (χ4v) is 3.09. The molecule has 0 saturated carbocycles. The number of halogens is 3. The van der Waals surface area contributed by atoms with Gasteiger partial charge >= 0.3 is 0 Å². The van der Waals surface area contributed by atoms with Crippen LogP contribution in [-0.4, -0.2) is 36.1 Å². The summed E-state index contributed by atoms with van der Waals surface area (Å²) in [7, 11) is 0. The van der Waals surface area contributed by atoms with E-state index in [-0.39, 0.29) is 24.8 Å². The van der Waals surface area contributed by atoms with Crippen LogP contribution in [0, 0.1) is 0 Å². The van der Waals surface area contributed by atoms with E-state index in [0.29, 0.717) is 6.04 Å². The number of rotatable bonds is 5. The summed E-state index contributed by atoms with van der Waals surface area (Å²) in [5.41, 5.74) is 1.34. The van der Waals surface area contributed by atoms with Crippen molar-refractivity contribution >= 4 is 40.7 Å². The number of nitrogens with one attached hydrogen (secondary N) is 1. The van der Waals surface area contributed by atoms with Crippen LogP contribution in [-0.2, 0) is 0 Å². The molecule has 1 atom stereocenters. The second-order valence-electron chi connectivity index (χ2n) is 4.83. The van der Waals surface area contributed by atoms with E-state index in [9.17, 15) is 0 Å². The molecule has 1 fully saturated rings. The summed E-state index contributed by atoms with van der Waals surface area (Å²) < 4.78 is 1.00. The molecule has 1 aromatic rings. The van der Waals surface area contributed by atoms with Gasteiger partial charge in [0.05, 0.1) is 0 Å². The summed E-state index contributed by atoms with van der Waals surface area (Å²) in [4.78, 5) is 6.97. The average molecular weight is 385 g/mol. The molecule has 1 aliphatic rings. The smallest absolute Gasteiger partial charge is 0.110 e. The predicted molar refractivity (Wildman–Crippen MR) is 93.1 cm³/mol. The Morgan fingerprint density at radius 1 is 1.35 bits per heavy atom. The molecule has 1 N–H and O–H groups in total. The maximum absolute atomic E-state index is 4.38. The summed E-state index contributed by atoms with van der Waals surface area (Å²) in [6.45, 7) is 6.72. The molecule has 2 rings (SSSR count). The minimum Gasteiger partial charge on any atom is -0.314 e. The fourth-order valence-electron chi connectivity index (χ4n) is 2.57. The minimum atomic E-state index is 0. The third-order valence-electron chi connectivity index (χ3n) is 3.57. The summed E-state index contributed by atoms with van der Waals surface area (Å²) in [6.07, 6.45) is 5.60. The zero-order valence-electron chi connectivity index (χ0n) is 11.8. The van der Waals surface area contributed by atoms with E-state index in [1.54, 1.807) is 0 Å². The van der Waals surface area contributed by atoms with Gasteiger partial charge in [0.25, 0.3) is 0 Å². The first-order valence-corrected chi connectivity index (χ1v) is 7.67. The average Bonchev–Trinajstić information content (AvgIpc) is 2.42. The van der Waals surface area contributed by atoms with Crippen LogP contribution >= 0.6 is 40.7 Å². The lowest BCUT2D eigenvalue weighted by atomic mass is 10.0. The molecule has 3 nitrogen and oxygen atoms in total. The Morgan fingerprint density at radius 3 is 2.65 bits per heavy atom. The van der Waals surface area contributed by atoms with E-state index in [4.69, 9.17) is 0 Å². The summed E-state index contributed by atoms with van der Waals surface area (Å²) in [5, 5.41) is 3.42. The number of hydrogen-bond donors (Lipinski definition) is 1. The second-order valence-corrected chi connectivity index (χ2v) is 5.58. The number of unbranched alkanes of at least 4 members (excludes halogenated alkanes) is 1. The highest BCUT2D eigenvalue weighted by Crippen LogP contribution is 2.30. The highest BCUT2D eigenvalue weighted by atomic mass is 79.9. The van der Waals surface area contributed by atoms with Crippen molar-refractivity contribution in [3.63, 3.8) is 0 Å². The first-order chi connectivity index (χ1) is 8.83. The van der Waals surface area contributed by atoms with Gasteiger partial charge in [-0.05, 0) is 28.4 Å². The molecule has 0 unspecified atom stereocenters. The molecule has 1 aromatic heterocycles. The lowest BCUT2D eigenvalue weighted by Gasteiger charge is -2.35. The maximum Gasteiger partial charge on any atom is 0.110 e. The molecule has 0 amide bonds. The monoisotopic (exact) mass is 383 g/mol. The van der Waals surface area contributed by atoms with Crippen LogP contribution < -0.4 is 5.32 Å². The topological polar surface area (TPSA) is 28.2 Å². The molecule has 116 valence electrons. The van der Waals surface area contributed by atoms with Gasteiger partial charge in [0, 0.05) is 44.0 Å². The van der Waals surface area contributed by atoms with Crippen LogP contribution in [0.1, 0.15) is 37.8 Å². The molecule has 1 saturated heterocycles. The largest absolute Gasteiger partial charge is 0.314 e. The summed E-state index contributed by atoms with van der Waals surface area (Å²) >= 11 is 3.60. The molecular weight excluding hydrogens is 361 g/mol. The highest BCUT2D eigenvalue weighted by Gasteiger charge is 2.23. The van der Waals surface area contributed by atoms with Crippen molar-refractivity contribution in [3.05, 3.63) is 28.5 Å². The molecule has 6 heteroatoms. The Morgan fingerprint density at radius 2 is 2.05 bits per heavy atom. The molecule has 0 radical (unpaired) electrons. The van der Waals surface area contributed by atoms with Crippen LogP contribution in [0.2, 0.25) is 0 Å². The van der Waals surface area contributed by atoms with Crippen LogP contribution in [0.25, 0.3) is 0 Å². The molecule has 20 heavy (non-hydrogen) atoms. The van der Waals surface area contributed by atoms with Gasteiger partial charge < -0.3 is 5.32 Å². The number of aromatic nitrogens is 1. The van der Waals surface area contributed by atoms with Crippen LogP contribution in [0.15, 0.2) is 22.9 Å². The predicted octanol–water partition coefficient (Wildman–Crippen LogP) is 3.82. The van der Waals surface area contributed by atoms with E-state index in [0.717, 1.165) is 30.8 Å². The Hall–Kier alpha value is 0.130. The van der Waals surface area contributed by atoms with Crippen molar-refractivity contribution < 1.29 is 0 Å². The Labute approximate surface area is 142 Å². The summed E-state index contributed by atoms with van der Waals surface area (Å²) in [5.74, 6) is 0. The van der Waals surface area contributed by atoms with E-state index in [2.05, 4.69) is 44.1 Å². The van der Waals surface area contributed by atoms with Gasteiger partial charge in [0.2, 0.25) is 0 Å². The van der Waals surface area contributed by atoms with Crippen molar-refractivity contribution in [2.24, 2.45) is 0 Å². The molecule has 2 heterocycles. The Balaban J connectivity index is 0.00000180. The van der Waals surface area contributed by atoms with E-state index in [1.165, 1.54) is 24.8 Å². The zero-order valence-corrected chi connectivity index (χ0v) is 15.1. The van der Waals surface area contributed by atoms with Crippen molar-refractivity contribution in [1.82, 2.24) is 15.2 Å². The van der Waals surface area contributed by atoms with E-state index < -0.39 is 0 Å². The van der Waals surface area contributed by atoms with Crippen molar-refractivity contribution in [2.45, 2.75) is 32.2 Å². The SMILES string of the molecule is CCCC[C@H](c1cccnc1Br)N1CCNCC1.Cl.Cl. The number of hydrogen-bond acceptors (Lipinski definition) is 3. The molecule has 0 bridgehead atoms. The van der Waals surface area contributed by atoms with E-state index >= 15 is 0 Å². The molecule has 0 spiro atoms. The third-order valence-corrected chi connectivity index (χ3v) is 4.23. The standard InChI is InChI=1S/C14H22BrN3.2ClH/c1-2-3-6-13(18-10-8-16-9-11-18)12-5-4-7-17-14(12)15;;/h4-5,7,13,16H,2-3,6,8-11H2,1H3;2*1H/t13-;;/m1../s1. The number of piperazine rings is 1. The minimum absolute atomic E-state index is 0. The highest BCUT2D eigenvalue weighted by molar-refractivity contribution is 9.10. The quantitative estimate of drug-likeness (QED) is 0.782. The molecule has 1 aliphatic heterocycles. The maximum atomic E-state index is 4.38. The van der Waals surface area contributed by atoms with Crippen LogP contribution in [0.4, 0.5) is 0 Å². The normalized spacial score (nSPS) is 16.9. The second kappa shape index (κ2) is 10.8. The number of pyridine rings is 1. The van der Waals surface area contributed by atoms with Gasteiger partial charge in [-0.1, -0.05) is 25.8 Å². The van der Waals surface area contributed by atoms with Crippen molar-refractivity contribution in [2.75, 3.05) is 26.2 Å². The van der Waals surface area contributed by atoms with Crippen molar-refractivity contribution in [3.8, 4) is 0 Å². The lowest BCUT2D eigenvalue weighted by Crippen LogP contribution is -2.45. The van der Waals surface area contributed by atoms with Crippen LogP contribution in [0.5, 0.6) is 0 Å². The fraction of sp³-hybridized carbons (Fsp3) is 0.643. The molecule has 0 aromatic carbocycles. The molecular formula is C14H24BrCl2N3. The molecule has 0 aliphatic carbocycles. The number of nitrogens with zero attached hydrogens (tertiary/aromatic N) is 2. The lowest BCUT2D eigenvalue weighted by molar-refractivity contribution is 0.162. The van der Waals surface area contributed by atoms with Gasteiger partial charge in [0.1, 0.15) is 4.60 Å². The van der Waals surface area contributed by atoms with Gasteiger partial charge in [-0.15, -0.1) is 24.8 Å².